The SMILES string of the molecule is COC(=O)Cc1ccccc1-n1nccc1S(C)=O. The fraction of sp³-hybridized carbons (Fsp3) is 0.231. The lowest BCUT2D eigenvalue weighted by atomic mass is 10.1. The van der Waals surface area contributed by atoms with E-state index in [2.05, 4.69) is 9.84 Å². The first-order chi connectivity index (χ1) is 9.13. The van der Waals surface area contributed by atoms with Crippen molar-refractivity contribution in [3.8, 4) is 5.69 Å². The van der Waals surface area contributed by atoms with Crippen LogP contribution < -0.4 is 0 Å². The zero-order chi connectivity index (χ0) is 13.8. The molecule has 0 saturated carbocycles. The predicted molar refractivity (Wildman–Crippen MR) is 71.6 cm³/mol. The third-order valence-corrected chi connectivity index (χ3v) is 3.58. The second kappa shape index (κ2) is 5.79. The van der Waals surface area contributed by atoms with E-state index < -0.39 is 10.8 Å². The highest BCUT2D eigenvalue weighted by Gasteiger charge is 2.13. The van der Waals surface area contributed by atoms with Crippen LogP contribution in [0.4, 0.5) is 0 Å². The highest BCUT2D eigenvalue weighted by Crippen LogP contribution is 2.18. The van der Waals surface area contributed by atoms with E-state index >= 15 is 0 Å². The van der Waals surface area contributed by atoms with Gasteiger partial charge in [-0.25, -0.2) is 4.68 Å². The van der Waals surface area contributed by atoms with Crippen LogP contribution in [0.5, 0.6) is 0 Å². The van der Waals surface area contributed by atoms with Crippen molar-refractivity contribution in [3.63, 3.8) is 0 Å². The minimum atomic E-state index is -1.15. The number of para-hydroxylation sites is 1. The molecule has 0 aliphatic heterocycles. The number of nitrogens with zero attached hydrogens (tertiary/aromatic N) is 2. The summed E-state index contributed by atoms with van der Waals surface area (Å²) in [5.41, 5.74) is 1.52. The second-order valence-corrected chi connectivity index (χ2v) is 5.24. The number of ether oxygens (including phenoxy) is 1. The number of rotatable bonds is 4. The highest BCUT2D eigenvalue weighted by molar-refractivity contribution is 7.84. The standard InChI is InChI=1S/C13H14N2O3S/c1-18-13(16)9-10-5-3-4-6-11(10)15-12(19(2)17)7-8-14-15/h3-8H,9H2,1-2H3. The average molecular weight is 278 g/mol. The Balaban J connectivity index is 2.47. The molecule has 0 N–H and O–H groups in total. The van der Waals surface area contributed by atoms with E-state index in [0.29, 0.717) is 5.03 Å². The molecule has 0 spiro atoms. The summed E-state index contributed by atoms with van der Waals surface area (Å²) in [5, 5.41) is 4.77. The number of carbonyl (C=O) groups excluding carboxylic acids is 1. The van der Waals surface area contributed by atoms with E-state index in [1.54, 1.807) is 23.2 Å². The van der Waals surface area contributed by atoms with Crippen molar-refractivity contribution in [2.75, 3.05) is 13.4 Å². The summed E-state index contributed by atoms with van der Waals surface area (Å²) in [6.07, 6.45) is 3.34. The van der Waals surface area contributed by atoms with Gasteiger partial charge in [-0.2, -0.15) is 5.10 Å². The van der Waals surface area contributed by atoms with Gasteiger partial charge in [-0.1, -0.05) is 18.2 Å². The predicted octanol–water partition coefficient (Wildman–Crippen LogP) is 1.33. The molecule has 6 heteroatoms. The summed E-state index contributed by atoms with van der Waals surface area (Å²) >= 11 is 0. The number of esters is 1. The minimum absolute atomic E-state index is 0.155. The maximum absolute atomic E-state index is 11.6. The molecule has 19 heavy (non-hydrogen) atoms. The van der Waals surface area contributed by atoms with E-state index in [1.165, 1.54) is 7.11 Å². The van der Waals surface area contributed by atoms with Gasteiger partial charge in [0.1, 0.15) is 5.03 Å². The number of hydrogen-bond donors (Lipinski definition) is 0. The third kappa shape index (κ3) is 2.90. The number of methoxy groups -OCH3 is 1. The third-order valence-electron chi connectivity index (χ3n) is 2.68. The van der Waals surface area contributed by atoms with E-state index in [9.17, 15) is 9.00 Å². The van der Waals surface area contributed by atoms with Crippen LogP contribution in [0.2, 0.25) is 0 Å². The van der Waals surface area contributed by atoms with Crippen LogP contribution in [0.25, 0.3) is 5.69 Å². The van der Waals surface area contributed by atoms with Crippen LogP contribution >= 0.6 is 0 Å². The largest absolute Gasteiger partial charge is 0.469 e. The van der Waals surface area contributed by atoms with E-state index in [-0.39, 0.29) is 12.4 Å². The van der Waals surface area contributed by atoms with E-state index in [4.69, 9.17) is 0 Å². The summed E-state index contributed by atoms with van der Waals surface area (Å²) < 4.78 is 17.9. The summed E-state index contributed by atoms with van der Waals surface area (Å²) in [5.74, 6) is -0.321. The van der Waals surface area contributed by atoms with Crippen LogP contribution in [-0.4, -0.2) is 33.3 Å². The molecular weight excluding hydrogens is 264 g/mol. The van der Waals surface area contributed by atoms with Crippen molar-refractivity contribution in [2.24, 2.45) is 0 Å². The molecule has 0 radical (unpaired) electrons. The summed E-state index contributed by atoms with van der Waals surface area (Å²) in [7, 11) is 0.204. The lowest BCUT2D eigenvalue weighted by Gasteiger charge is -2.10. The quantitative estimate of drug-likeness (QED) is 0.791. The average Bonchev–Trinajstić information content (AvgIpc) is 2.88. The van der Waals surface area contributed by atoms with Crippen molar-refractivity contribution in [3.05, 3.63) is 42.1 Å². The molecule has 1 aromatic carbocycles. The van der Waals surface area contributed by atoms with Crippen molar-refractivity contribution in [1.29, 1.82) is 0 Å². The Labute approximate surface area is 113 Å². The molecule has 0 saturated heterocycles. The van der Waals surface area contributed by atoms with E-state index in [0.717, 1.165) is 11.3 Å². The summed E-state index contributed by atoms with van der Waals surface area (Å²) in [6, 6.07) is 9.05. The first kappa shape index (κ1) is 13.5. The topological polar surface area (TPSA) is 61.2 Å². The van der Waals surface area contributed by atoms with Gasteiger partial charge in [-0.05, 0) is 17.7 Å². The Morgan fingerprint density at radius 1 is 1.37 bits per heavy atom. The van der Waals surface area contributed by atoms with Crippen molar-refractivity contribution >= 4 is 16.8 Å². The fourth-order valence-electron chi connectivity index (χ4n) is 1.78. The smallest absolute Gasteiger partial charge is 0.310 e. The maximum Gasteiger partial charge on any atom is 0.310 e. The Morgan fingerprint density at radius 2 is 2.11 bits per heavy atom. The molecule has 0 amide bonds. The molecule has 1 aromatic heterocycles. The first-order valence-corrected chi connectivity index (χ1v) is 7.22. The molecular formula is C13H14N2O3S. The van der Waals surface area contributed by atoms with Gasteiger partial charge in [0.05, 0.1) is 36.2 Å². The van der Waals surface area contributed by atoms with Gasteiger partial charge in [0.25, 0.3) is 0 Å². The Kier molecular flexibility index (Phi) is 4.11. The lowest BCUT2D eigenvalue weighted by Crippen LogP contribution is -2.10. The first-order valence-electron chi connectivity index (χ1n) is 5.66. The van der Waals surface area contributed by atoms with Gasteiger partial charge in [-0.15, -0.1) is 0 Å². The van der Waals surface area contributed by atoms with Crippen molar-refractivity contribution in [2.45, 2.75) is 11.4 Å². The number of benzene rings is 1. The zero-order valence-corrected chi connectivity index (χ0v) is 11.5. The molecule has 0 aliphatic carbocycles. The molecule has 2 aromatic rings. The van der Waals surface area contributed by atoms with Gasteiger partial charge < -0.3 is 4.74 Å². The van der Waals surface area contributed by atoms with Crippen LogP contribution in [0.15, 0.2) is 41.6 Å². The Morgan fingerprint density at radius 3 is 2.79 bits per heavy atom. The highest BCUT2D eigenvalue weighted by atomic mass is 32.2. The Hall–Kier alpha value is -1.95. The van der Waals surface area contributed by atoms with Crippen LogP contribution in [0, 0.1) is 0 Å². The minimum Gasteiger partial charge on any atom is -0.469 e. The molecule has 100 valence electrons. The molecule has 1 atom stereocenters. The Bertz CT molecular complexity index is 622. The van der Waals surface area contributed by atoms with Gasteiger partial charge >= 0.3 is 5.97 Å². The van der Waals surface area contributed by atoms with E-state index in [1.807, 2.05) is 24.3 Å². The van der Waals surface area contributed by atoms with Gasteiger partial charge in [-0.3, -0.25) is 9.00 Å². The number of carbonyl (C=O) groups is 1. The van der Waals surface area contributed by atoms with Crippen LogP contribution in [0.3, 0.4) is 0 Å². The lowest BCUT2D eigenvalue weighted by molar-refractivity contribution is -0.139. The van der Waals surface area contributed by atoms with Crippen molar-refractivity contribution < 1.29 is 13.7 Å². The summed E-state index contributed by atoms with van der Waals surface area (Å²) in [4.78, 5) is 11.4. The van der Waals surface area contributed by atoms with Crippen LogP contribution in [-0.2, 0) is 26.8 Å². The zero-order valence-electron chi connectivity index (χ0n) is 10.7. The molecule has 2 rings (SSSR count). The molecule has 1 heterocycles. The van der Waals surface area contributed by atoms with Crippen LogP contribution in [0.1, 0.15) is 5.56 Å². The molecule has 5 nitrogen and oxygen atoms in total. The molecule has 0 bridgehead atoms. The monoisotopic (exact) mass is 278 g/mol. The molecule has 0 fully saturated rings. The number of aromatic nitrogens is 2. The van der Waals surface area contributed by atoms with Crippen molar-refractivity contribution in [1.82, 2.24) is 9.78 Å². The maximum atomic E-state index is 11.6. The summed E-state index contributed by atoms with van der Waals surface area (Å²) in [6.45, 7) is 0. The second-order valence-electron chi connectivity index (χ2n) is 3.92. The van der Waals surface area contributed by atoms with Gasteiger partial charge in [0.2, 0.25) is 0 Å². The number of hydrogen-bond acceptors (Lipinski definition) is 4. The van der Waals surface area contributed by atoms with Gasteiger partial charge in [0.15, 0.2) is 0 Å². The molecule has 1 unspecified atom stereocenters. The van der Waals surface area contributed by atoms with Gasteiger partial charge in [0, 0.05) is 6.26 Å². The normalized spacial score (nSPS) is 12.1. The molecule has 0 aliphatic rings. The fourth-order valence-corrected chi connectivity index (χ4v) is 2.43.